The maximum absolute atomic E-state index is 12.3. The Hall–Kier alpha value is -3.76. The number of para-hydroxylation sites is 3. The molecule has 4 aromatic carbocycles. The van der Waals surface area contributed by atoms with Gasteiger partial charge in [-0.3, -0.25) is 5.32 Å². The molecule has 0 radical (unpaired) electrons. The van der Waals surface area contributed by atoms with E-state index in [4.69, 9.17) is 16.3 Å². The Bertz CT molecular complexity index is 1210. The van der Waals surface area contributed by atoms with Crippen LogP contribution in [0.3, 0.4) is 0 Å². The zero-order valence-corrected chi connectivity index (χ0v) is 17.7. The molecule has 0 aliphatic rings. The summed E-state index contributed by atoms with van der Waals surface area (Å²) < 4.78 is 5.32. The maximum atomic E-state index is 12.3. The van der Waals surface area contributed by atoms with E-state index in [-0.39, 0.29) is 0 Å². The molecule has 154 valence electrons. The molecule has 1 amide bonds. The number of benzene rings is 4. The molecule has 0 heterocycles. The molecule has 5 heteroatoms. The van der Waals surface area contributed by atoms with E-state index < -0.39 is 6.09 Å². The van der Waals surface area contributed by atoms with Gasteiger partial charge >= 0.3 is 6.09 Å². The van der Waals surface area contributed by atoms with Crippen LogP contribution < -0.4 is 15.4 Å². The third kappa shape index (κ3) is 5.05. The molecular formula is C26H21ClN2O2. The number of carbonyl (C=O) groups is 1. The number of carbonyl (C=O) groups excluding carboxylic acids is 1. The molecule has 31 heavy (non-hydrogen) atoms. The van der Waals surface area contributed by atoms with E-state index in [1.807, 2.05) is 66.7 Å². The first-order valence-electron chi connectivity index (χ1n) is 9.85. The van der Waals surface area contributed by atoms with Crippen molar-refractivity contribution >= 4 is 34.8 Å². The molecule has 0 aliphatic carbocycles. The monoisotopic (exact) mass is 428 g/mol. The Morgan fingerprint density at radius 2 is 1.45 bits per heavy atom. The second-order valence-electron chi connectivity index (χ2n) is 7.01. The van der Waals surface area contributed by atoms with Crippen LogP contribution in [0.5, 0.6) is 5.75 Å². The number of nitrogens with one attached hydrogen (secondary N) is 2. The van der Waals surface area contributed by atoms with Crippen molar-refractivity contribution in [3.8, 4) is 16.9 Å². The number of halogens is 1. The van der Waals surface area contributed by atoms with E-state index in [0.29, 0.717) is 16.5 Å². The zero-order chi connectivity index (χ0) is 21.6. The first kappa shape index (κ1) is 20.5. The van der Waals surface area contributed by atoms with Gasteiger partial charge in [0.15, 0.2) is 0 Å². The summed E-state index contributed by atoms with van der Waals surface area (Å²) in [5, 5.41) is 6.75. The van der Waals surface area contributed by atoms with Crippen LogP contribution in [0, 0.1) is 6.92 Å². The third-order valence-corrected chi connectivity index (χ3v) is 5.11. The number of hydrogen-bond donors (Lipinski definition) is 2. The standard InChI is InChI=1S/C26H21ClN2O2/c1-18-9-5-6-12-21(18)22-16-15-19(17-23(22)27)28-24-13-7-8-14-25(24)29-26(30)31-20-10-3-2-4-11-20/h2-17,28H,1H3,(H,29,30). The minimum atomic E-state index is -0.562. The Morgan fingerprint density at radius 1 is 0.774 bits per heavy atom. The van der Waals surface area contributed by atoms with Gasteiger partial charge in [0.25, 0.3) is 0 Å². The summed E-state index contributed by atoms with van der Waals surface area (Å²) in [5.74, 6) is 0.476. The molecule has 4 aromatic rings. The first-order chi connectivity index (χ1) is 15.1. The smallest absolute Gasteiger partial charge is 0.410 e. The van der Waals surface area contributed by atoms with Crippen molar-refractivity contribution in [2.75, 3.05) is 10.6 Å². The van der Waals surface area contributed by atoms with E-state index in [9.17, 15) is 4.79 Å². The van der Waals surface area contributed by atoms with E-state index >= 15 is 0 Å². The van der Waals surface area contributed by atoms with Crippen LogP contribution in [0.15, 0.2) is 97.1 Å². The lowest BCUT2D eigenvalue weighted by Gasteiger charge is -2.15. The fourth-order valence-electron chi connectivity index (χ4n) is 3.27. The van der Waals surface area contributed by atoms with Crippen LogP contribution in [0.2, 0.25) is 5.02 Å². The molecule has 0 aliphatic heterocycles. The Labute approximate surface area is 186 Å². The lowest BCUT2D eigenvalue weighted by atomic mass is 10.0. The molecule has 0 bridgehead atoms. The Kier molecular flexibility index (Phi) is 6.20. The third-order valence-electron chi connectivity index (χ3n) is 4.80. The van der Waals surface area contributed by atoms with Crippen molar-refractivity contribution in [1.82, 2.24) is 0 Å². The molecule has 4 nitrogen and oxygen atoms in total. The van der Waals surface area contributed by atoms with Crippen molar-refractivity contribution in [3.05, 3.63) is 108 Å². The van der Waals surface area contributed by atoms with Gasteiger partial charge < -0.3 is 10.1 Å². The molecular weight excluding hydrogens is 408 g/mol. The SMILES string of the molecule is Cc1ccccc1-c1ccc(Nc2ccccc2NC(=O)Oc2ccccc2)cc1Cl. The summed E-state index contributed by atoms with van der Waals surface area (Å²) in [6.07, 6.45) is -0.562. The van der Waals surface area contributed by atoms with Crippen molar-refractivity contribution in [2.45, 2.75) is 6.92 Å². The fraction of sp³-hybridized carbons (Fsp3) is 0.0385. The highest BCUT2D eigenvalue weighted by molar-refractivity contribution is 6.33. The van der Waals surface area contributed by atoms with Gasteiger partial charge in [-0.05, 0) is 54.4 Å². The fourth-order valence-corrected chi connectivity index (χ4v) is 3.56. The summed E-state index contributed by atoms with van der Waals surface area (Å²) in [6, 6.07) is 30.3. The second kappa shape index (κ2) is 9.37. The summed E-state index contributed by atoms with van der Waals surface area (Å²) in [6.45, 7) is 2.06. The normalized spacial score (nSPS) is 10.4. The van der Waals surface area contributed by atoms with Gasteiger partial charge in [0.2, 0.25) is 0 Å². The maximum Gasteiger partial charge on any atom is 0.417 e. The summed E-state index contributed by atoms with van der Waals surface area (Å²) >= 11 is 6.59. The van der Waals surface area contributed by atoms with Crippen molar-refractivity contribution in [1.29, 1.82) is 0 Å². The predicted octanol–water partition coefficient (Wildman–Crippen LogP) is 7.67. The van der Waals surface area contributed by atoms with Gasteiger partial charge in [-0.25, -0.2) is 4.79 Å². The minimum absolute atomic E-state index is 0.476. The summed E-state index contributed by atoms with van der Waals surface area (Å²) in [7, 11) is 0. The lowest BCUT2D eigenvalue weighted by Crippen LogP contribution is -2.17. The van der Waals surface area contributed by atoms with E-state index in [1.54, 1.807) is 18.2 Å². The second-order valence-corrected chi connectivity index (χ2v) is 7.41. The average Bonchev–Trinajstić information content (AvgIpc) is 2.77. The average molecular weight is 429 g/mol. The highest BCUT2D eigenvalue weighted by atomic mass is 35.5. The highest BCUT2D eigenvalue weighted by Gasteiger charge is 2.11. The van der Waals surface area contributed by atoms with Crippen LogP contribution in [0.4, 0.5) is 21.9 Å². The molecule has 0 aromatic heterocycles. The molecule has 0 saturated heterocycles. The Balaban J connectivity index is 1.52. The zero-order valence-electron chi connectivity index (χ0n) is 16.9. The van der Waals surface area contributed by atoms with Gasteiger partial charge in [-0.1, -0.05) is 72.3 Å². The van der Waals surface area contributed by atoms with Crippen molar-refractivity contribution in [2.24, 2.45) is 0 Å². The van der Waals surface area contributed by atoms with Crippen LogP contribution in [0.1, 0.15) is 5.56 Å². The van der Waals surface area contributed by atoms with Gasteiger partial charge in [0.05, 0.1) is 16.4 Å². The van der Waals surface area contributed by atoms with Crippen LogP contribution in [-0.4, -0.2) is 6.09 Å². The number of aryl methyl sites for hydroxylation is 1. The van der Waals surface area contributed by atoms with Crippen molar-refractivity contribution in [3.63, 3.8) is 0 Å². The summed E-state index contributed by atoms with van der Waals surface area (Å²) in [5.41, 5.74) is 5.38. The van der Waals surface area contributed by atoms with Crippen LogP contribution in [-0.2, 0) is 0 Å². The number of hydrogen-bond acceptors (Lipinski definition) is 3. The van der Waals surface area contributed by atoms with E-state index in [2.05, 4.69) is 29.7 Å². The van der Waals surface area contributed by atoms with Gasteiger partial charge in [0.1, 0.15) is 5.75 Å². The van der Waals surface area contributed by atoms with Crippen LogP contribution in [0.25, 0.3) is 11.1 Å². The first-order valence-corrected chi connectivity index (χ1v) is 10.2. The quantitative estimate of drug-likeness (QED) is 0.343. The van der Waals surface area contributed by atoms with Gasteiger partial charge in [-0.15, -0.1) is 0 Å². The van der Waals surface area contributed by atoms with Crippen molar-refractivity contribution < 1.29 is 9.53 Å². The molecule has 2 N–H and O–H groups in total. The minimum Gasteiger partial charge on any atom is -0.410 e. The summed E-state index contributed by atoms with van der Waals surface area (Å²) in [4.78, 5) is 12.3. The highest BCUT2D eigenvalue weighted by Crippen LogP contribution is 2.34. The Morgan fingerprint density at radius 3 is 2.19 bits per heavy atom. The molecule has 0 saturated carbocycles. The number of ether oxygens (including phenoxy) is 1. The lowest BCUT2D eigenvalue weighted by molar-refractivity contribution is 0.215. The van der Waals surface area contributed by atoms with E-state index in [1.165, 1.54) is 0 Å². The number of anilines is 3. The number of rotatable bonds is 5. The predicted molar refractivity (Wildman–Crippen MR) is 127 cm³/mol. The number of amides is 1. The molecule has 0 spiro atoms. The van der Waals surface area contributed by atoms with E-state index in [0.717, 1.165) is 28.1 Å². The topological polar surface area (TPSA) is 50.4 Å². The van der Waals surface area contributed by atoms with Gasteiger partial charge in [0, 0.05) is 11.3 Å². The largest absolute Gasteiger partial charge is 0.417 e. The molecule has 0 unspecified atom stereocenters. The molecule has 0 atom stereocenters. The molecule has 0 fully saturated rings. The van der Waals surface area contributed by atoms with Crippen LogP contribution >= 0.6 is 11.6 Å². The van der Waals surface area contributed by atoms with Gasteiger partial charge in [-0.2, -0.15) is 0 Å². The molecule has 4 rings (SSSR count).